The number of aliphatic hydroxyl groups excluding tert-OH is 1. The normalized spacial score (nSPS) is 21.6. The molecule has 0 saturated heterocycles. The van der Waals surface area contributed by atoms with Gasteiger partial charge in [0.05, 0.1) is 39.4 Å². The lowest BCUT2D eigenvalue weighted by atomic mass is 9.85. The van der Waals surface area contributed by atoms with Crippen molar-refractivity contribution in [2.45, 2.75) is 25.0 Å². The first-order valence-electron chi connectivity index (χ1n) is 9.87. The number of hydrogen-bond acceptors (Lipinski definition) is 6. The molecular formula is C22H26NO6+. The van der Waals surface area contributed by atoms with Crippen LogP contribution < -0.4 is 23.7 Å². The van der Waals surface area contributed by atoms with Gasteiger partial charge in [-0.3, -0.25) is 0 Å². The molecule has 0 bridgehead atoms. The second kappa shape index (κ2) is 6.71. The molecule has 7 nitrogen and oxygen atoms in total. The van der Waals surface area contributed by atoms with Gasteiger partial charge in [-0.05, 0) is 29.3 Å². The maximum absolute atomic E-state index is 11.1. The van der Waals surface area contributed by atoms with E-state index in [1.807, 2.05) is 18.2 Å². The molecule has 0 unspecified atom stereocenters. The first kappa shape index (κ1) is 18.4. The van der Waals surface area contributed by atoms with Crippen LogP contribution in [-0.4, -0.2) is 50.9 Å². The summed E-state index contributed by atoms with van der Waals surface area (Å²) in [6.07, 6.45) is 0.828. The molecule has 0 radical (unpaired) electrons. The van der Waals surface area contributed by atoms with Crippen LogP contribution >= 0.6 is 0 Å². The van der Waals surface area contributed by atoms with E-state index >= 15 is 0 Å². The molecule has 5 rings (SSSR count). The van der Waals surface area contributed by atoms with Crippen LogP contribution in [-0.2, 0) is 6.42 Å². The molecule has 2 atom stereocenters. The van der Waals surface area contributed by atoms with Crippen molar-refractivity contribution in [2.24, 2.45) is 0 Å². The number of quaternary nitrogens is 1. The van der Waals surface area contributed by atoms with Gasteiger partial charge in [-0.15, -0.1) is 0 Å². The topological polar surface area (TPSA) is 66.4 Å². The van der Waals surface area contributed by atoms with Crippen molar-refractivity contribution in [1.29, 1.82) is 0 Å². The fourth-order valence-electron chi connectivity index (χ4n) is 4.64. The van der Waals surface area contributed by atoms with E-state index in [1.54, 1.807) is 7.11 Å². The molecule has 0 saturated carbocycles. The number of likely N-dealkylation sites (N-methyl/N-ethyl adjacent to an activating group) is 1. The summed E-state index contributed by atoms with van der Waals surface area (Å²) in [5, 5.41) is 11.1. The Bertz CT molecular complexity index is 957. The Kier molecular flexibility index (Phi) is 4.26. The molecule has 29 heavy (non-hydrogen) atoms. The largest absolute Gasteiger partial charge is 0.492 e. The van der Waals surface area contributed by atoms with Gasteiger partial charge in [0.25, 0.3) is 0 Å². The fraction of sp³-hybridized carbons (Fsp3) is 0.455. The lowest BCUT2D eigenvalue weighted by Gasteiger charge is -2.44. The average Bonchev–Trinajstić information content (AvgIpc) is 3.36. The number of ether oxygens (including phenoxy) is 5. The lowest BCUT2D eigenvalue weighted by molar-refractivity contribution is -0.924. The zero-order valence-corrected chi connectivity index (χ0v) is 16.9. The Hall–Kier alpha value is -2.64. The monoisotopic (exact) mass is 400 g/mol. The molecule has 3 aliphatic heterocycles. The van der Waals surface area contributed by atoms with Crippen molar-refractivity contribution in [1.82, 2.24) is 0 Å². The number of aliphatic hydroxyl groups is 1. The second-order valence-corrected chi connectivity index (χ2v) is 8.35. The minimum atomic E-state index is -0.645. The maximum Gasteiger partial charge on any atom is 0.231 e. The van der Waals surface area contributed by atoms with Gasteiger partial charge in [-0.2, -0.15) is 0 Å². The third kappa shape index (κ3) is 2.96. The van der Waals surface area contributed by atoms with Gasteiger partial charge < -0.3 is 33.3 Å². The highest BCUT2D eigenvalue weighted by Crippen LogP contribution is 2.52. The Morgan fingerprint density at radius 1 is 1.07 bits per heavy atom. The van der Waals surface area contributed by atoms with Gasteiger partial charge in [0.2, 0.25) is 19.3 Å². The van der Waals surface area contributed by atoms with E-state index in [0.29, 0.717) is 17.9 Å². The number of fused-ring (bicyclic) bond motifs is 3. The summed E-state index contributed by atoms with van der Waals surface area (Å²) in [5.41, 5.74) is 3.13. The zero-order chi connectivity index (χ0) is 20.2. The van der Waals surface area contributed by atoms with E-state index in [0.717, 1.165) is 45.8 Å². The SMILES string of the molecule is COc1c2c(cc3c1[C@H](C[C@@H](O)c1ccc4c(c1)OCO4)[N+](C)(C)CC3)OCO2. The number of benzene rings is 2. The van der Waals surface area contributed by atoms with E-state index in [1.165, 1.54) is 5.56 Å². The van der Waals surface area contributed by atoms with Crippen molar-refractivity contribution in [3.63, 3.8) is 0 Å². The Morgan fingerprint density at radius 3 is 2.66 bits per heavy atom. The Balaban J connectivity index is 1.53. The van der Waals surface area contributed by atoms with Gasteiger partial charge in [-0.1, -0.05) is 6.07 Å². The standard InChI is InChI=1S/C22H26NO6/c1-23(2)7-6-14-9-19-21(29-12-28-19)22(25-3)20(14)15(23)10-16(24)13-4-5-17-18(8-13)27-11-26-17/h4-5,8-9,15-16,24H,6-7,10-12H2,1-3H3/q+1/t15-,16+/m0/s1. The van der Waals surface area contributed by atoms with E-state index in [2.05, 4.69) is 20.2 Å². The highest BCUT2D eigenvalue weighted by Gasteiger charge is 2.42. The molecule has 0 aromatic heterocycles. The molecule has 7 heteroatoms. The van der Waals surface area contributed by atoms with Crippen molar-refractivity contribution >= 4 is 0 Å². The van der Waals surface area contributed by atoms with E-state index in [-0.39, 0.29) is 19.6 Å². The fourth-order valence-corrected chi connectivity index (χ4v) is 4.64. The summed E-state index contributed by atoms with van der Waals surface area (Å²) in [7, 11) is 6.06. The molecule has 3 heterocycles. The van der Waals surface area contributed by atoms with Crippen molar-refractivity contribution < 1.29 is 33.3 Å². The Labute approximate surface area is 169 Å². The summed E-state index contributed by atoms with van der Waals surface area (Å²) in [6.45, 7) is 1.39. The van der Waals surface area contributed by atoms with Gasteiger partial charge in [0, 0.05) is 12.8 Å². The van der Waals surface area contributed by atoms with Crippen LogP contribution in [0.15, 0.2) is 24.3 Å². The highest BCUT2D eigenvalue weighted by atomic mass is 16.7. The lowest BCUT2D eigenvalue weighted by Crippen LogP contribution is -2.48. The van der Waals surface area contributed by atoms with Crippen LogP contribution in [0.1, 0.15) is 35.3 Å². The molecule has 0 spiro atoms. The second-order valence-electron chi connectivity index (χ2n) is 8.35. The van der Waals surface area contributed by atoms with Gasteiger partial charge in [0.15, 0.2) is 23.0 Å². The Morgan fingerprint density at radius 2 is 1.83 bits per heavy atom. The average molecular weight is 400 g/mol. The third-order valence-corrected chi connectivity index (χ3v) is 6.31. The van der Waals surface area contributed by atoms with Crippen LogP contribution in [0.5, 0.6) is 28.7 Å². The molecule has 0 fully saturated rings. The first-order chi connectivity index (χ1) is 14.0. The van der Waals surface area contributed by atoms with Crippen LogP contribution in [0, 0.1) is 0 Å². The number of methoxy groups -OCH3 is 1. The van der Waals surface area contributed by atoms with E-state index in [4.69, 9.17) is 23.7 Å². The van der Waals surface area contributed by atoms with Crippen LogP contribution in [0.3, 0.4) is 0 Å². The maximum atomic E-state index is 11.1. The van der Waals surface area contributed by atoms with Crippen LogP contribution in [0.2, 0.25) is 0 Å². The number of hydrogen-bond donors (Lipinski definition) is 1. The summed E-state index contributed by atoms with van der Waals surface area (Å²) >= 11 is 0. The highest BCUT2D eigenvalue weighted by molar-refractivity contribution is 5.61. The third-order valence-electron chi connectivity index (χ3n) is 6.31. The van der Waals surface area contributed by atoms with E-state index < -0.39 is 6.10 Å². The predicted octanol–water partition coefficient (Wildman–Crippen LogP) is 2.95. The minimum absolute atomic E-state index is 0.0450. The minimum Gasteiger partial charge on any atom is -0.492 e. The molecule has 0 aliphatic carbocycles. The summed E-state index contributed by atoms with van der Waals surface area (Å²) < 4.78 is 28.7. The van der Waals surface area contributed by atoms with Crippen molar-refractivity contribution in [2.75, 3.05) is 41.3 Å². The van der Waals surface area contributed by atoms with Crippen LogP contribution in [0.4, 0.5) is 0 Å². The first-order valence-corrected chi connectivity index (χ1v) is 9.87. The number of rotatable bonds is 4. The molecular weight excluding hydrogens is 374 g/mol. The number of nitrogens with zero attached hydrogens (tertiary/aromatic N) is 1. The van der Waals surface area contributed by atoms with Crippen LogP contribution in [0.25, 0.3) is 0 Å². The molecule has 3 aliphatic rings. The molecule has 1 N–H and O–H groups in total. The van der Waals surface area contributed by atoms with Crippen molar-refractivity contribution in [3.05, 3.63) is 41.0 Å². The summed E-state index contributed by atoms with van der Waals surface area (Å²) in [4.78, 5) is 0. The molecule has 0 amide bonds. The van der Waals surface area contributed by atoms with E-state index in [9.17, 15) is 5.11 Å². The molecule has 2 aromatic rings. The summed E-state index contributed by atoms with van der Waals surface area (Å²) in [6, 6.07) is 7.74. The van der Waals surface area contributed by atoms with Gasteiger partial charge in [0.1, 0.15) is 6.04 Å². The zero-order valence-electron chi connectivity index (χ0n) is 16.9. The van der Waals surface area contributed by atoms with Gasteiger partial charge >= 0.3 is 0 Å². The predicted molar refractivity (Wildman–Crippen MR) is 105 cm³/mol. The van der Waals surface area contributed by atoms with Gasteiger partial charge in [-0.25, -0.2) is 0 Å². The smallest absolute Gasteiger partial charge is 0.231 e. The quantitative estimate of drug-likeness (QED) is 0.796. The van der Waals surface area contributed by atoms with Crippen molar-refractivity contribution in [3.8, 4) is 28.7 Å². The summed E-state index contributed by atoms with van der Waals surface area (Å²) in [5.74, 6) is 3.53. The molecule has 154 valence electrons. The molecule has 2 aromatic carbocycles.